The van der Waals surface area contributed by atoms with Crippen molar-refractivity contribution in [1.82, 2.24) is 5.32 Å². The van der Waals surface area contributed by atoms with Crippen molar-refractivity contribution in [3.05, 3.63) is 35.9 Å². The normalized spacial score (nSPS) is 15.7. The molecule has 0 saturated heterocycles. The molecule has 0 spiro atoms. The fourth-order valence-electron chi connectivity index (χ4n) is 1.94. The summed E-state index contributed by atoms with van der Waals surface area (Å²) in [5.74, 6) is 0.262. The van der Waals surface area contributed by atoms with Crippen LogP contribution in [0.15, 0.2) is 30.3 Å². The summed E-state index contributed by atoms with van der Waals surface area (Å²) in [6, 6.07) is 8.86. The molecule has 130 valence electrons. The minimum absolute atomic E-state index is 0.0544. The van der Waals surface area contributed by atoms with Gasteiger partial charge >= 0.3 is 0 Å². The number of nitrogens with one attached hydrogen (secondary N) is 2. The maximum Gasteiger partial charge on any atom is 0.237 e. The molecule has 0 aliphatic rings. The zero-order valence-corrected chi connectivity index (χ0v) is 15.1. The second-order valence-corrected chi connectivity index (χ2v) is 9.57. The highest BCUT2D eigenvalue weighted by molar-refractivity contribution is 7.92. The number of carbonyl (C=O) groups excluding carboxylic acids is 1. The number of rotatable bonds is 8. The number of hydrogen-bond acceptors (Lipinski definition) is 4. The van der Waals surface area contributed by atoms with Gasteiger partial charge in [-0.2, -0.15) is 0 Å². The Bertz CT molecular complexity index is 592. The molecule has 0 aliphatic heterocycles. The Morgan fingerprint density at radius 3 is 2.43 bits per heavy atom. The summed E-state index contributed by atoms with van der Waals surface area (Å²) >= 11 is 0. The fraction of sp³-hybridized carbons (Fsp3) is 0.588. The molecule has 1 unspecified atom stereocenters. The van der Waals surface area contributed by atoms with Crippen LogP contribution in [0.4, 0.5) is 0 Å². The van der Waals surface area contributed by atoms with Crippen LogP contribution in [0.25, 0.3) is 0 Å². The van der Waals surface area contributed by atoms with E-state index in [0.29, 0.717) is 12.3 Å². The van der Waals surface area contributed by atoms with Gasteiger partial charge in [-0.15, -0.1) is 0 Å². The van der Waals surface area contributed by atoms with E-state index in [0.717, 1.165) is 12.0 Å². The van der Waals surface area contributed by atoms with Crippen molar-refractivity contribution in [1.29, 1.82) is 4.78 Å². The van der Waals surface area contributed by atoms with Gasteiger partial charge in [0.1, 0.15) is 0 Å². The van der Waals surface area contributed by atoms with E-state index in [1.807, 2.05) is 30.3 Å². The molecule has 1 rings (SSSR count). The molecule has 0 aromatic heterocycles. The lowest BCUT2D eigenvalue weighted by Crippen LogP contribution is -2.41. The van der Waals surface area contributed by atoms with Crippen molar-refractivity contribution < 1.29 is 9.00 Å². The smallest absolute Gasteiger partial charge is 0.237 e. The van der Waals surface area contributed by atoms with Crippen molar-refractivity contribution in [2.24, 2.45) is 11.1 Å². The second kappa shape index (κ2) is 8.45. The van der Waals surface area contributed by atoms with Gasteiger partial charge in [0.15, 0.2) is 0 Å². The molecule has 23 heavy (non-hydrogen) atoms. The SMILES string of the molecule is CC(C)(C)CCS(=N)(=O)CC[C@H](N)C(=O)NCc1ccccc1. The first-order valence-electron chi connectivity index (χ1n) is 7.90. The molecule has 1 aromatic rings. The third-order valence-corrected chi connectivity index (χ3v) is 5.35. The number of nitrogens with two attached hydrogens (primary N) is 1. The van der Waals surface area contributed by atoms with Gasteiger partial charge in [0.25, 0.3) is 0 Å². The molecule has 1 aromatic carbocycles. The van der Waals surface area contributed by atoms with Crippen LogP contribution in [0, 0.1) is 10.2 Å². The molecule has 0 aliphatic carbocycles. The highest BCUT2D eigenvalue weighted by Gasteiger charge is 2.18. The number of hydrogen-bond donors (Lipinski definition) is 3. The van der Waals surface area contributed by atoms with Gasteiger partial charge < -0.3 is 11.1 Å². The van der Waals surface area contributed by atoms with E-state index < -0.39 is 15.8 Å². The number of amides is 1. The molecule has 2 atom stereocenters. The number of benzene rings is 1. The molecule has 5 nitrogen and oxygen atoms in total. The summed E-state index contributed by atoms with van der Waals surface area (Å²) in [6.45, 7) is 6.61. The maximum atomic E-state index is 12.2. The Hall–Kier alpha value is -1.40. The standard InChI is InChI=1S/C17H29N3O2S/c1-17(2,3)10-12-23(19,22)11-9-15(18)16(21)20-13-14-7-5-4-6-8-14/h4-8,15,19H,9-13,18H2,1-3H3,(H,20,21)/t15-,23?/m0/s1. The Labute approximate surface area is 140 Å². The van der Waals surface area contributed by atoms with Crippen molar-refractivity contribution >= 4 is 15.6 Å². The number of carbonyl (C=O) groups is 1. The molecular formula is C17H29N3O2S. The first kappa shape index (κ1) is 19.6. The fourth-order valence-corrected chi connectivity index (χ4v) is 3.72. The van der Waals surface area contributed by atoms with Crippen LogP contribution >= 0.6 is 0 Å². The zero-order chi connectivity index (χ0) is 17.5. The lowest BCUT2D eigenvalue weighted by Gasteiger charge is -2.19. The molecule has 0 heterocycles. The van der Waals surface area contributed by atoms with Gasteiger partial charge in [-0.05, 0) is 23.8 Å². The lowest BCUT2D eigenvalue weighted by atomic mass is 9.94. The molecule has 0 saturated carbocycles. The van der Waals surface area contributed by atoms with E-state index in [-0.39, 0.29) is 23.5 Å². The summed E-state index contributed by atoms with van der Waals surface area (Å²) in [7, 11) is -2.67. The molecule has 1 amide bonds. The van der Waals surface area contributed by atoms with E-state index in [1.54, 1.807) is 0 Å². The average Bonchev–Trinajstić information content (AvgIpc) is 2.49. The topological polar surface area (TPSA) is 96.0 Å². The molecule has 0 fully saturated rings. The predicted octanol–water partition coefficient (Wildman–Crippen LogP) is 2.50. The summed E-state index contributed by atoms with van der Waals surface area (Å²) in [4.78, 5) is 12.0. The van der Waals surface area contributed by atoms with Crippen LogP contribution < -0.4 is 11.1 Å². The van der Waals surface area contributed by atoms with Crippen molar-refractivity contribution in [3.63, 3.8) is 0 Å². The summed E-state index contributed by atoms with van der Waals surface area (Å²) < 4.78 is 20.1. The second-order valence-electron chi connectivity index (χ2n) is 7.13. The zero-order valence-electron chi connectivity index (χ0n) is 14.3. The molecule has 6 heteroatoms. The highest BCUT2D eigenvalue weighted by Crippen LogP contribution is 2.19. The first-order chi connectivity index (χ1) is 10.6. The minimum Gasteiger partial charge on any atom is -0.351 e. The Morgan fingerprint density at radius 1 is 1.26 bits per heavy atom. The van der Waals surface area contributed by atoms with Crippen LogP contribution in [0.2, 0.25) is 0 Å². The van der Waals surface area contributed by atoms with E-state index in [9.17, 15) is 9.00 Å². The van der Waals surface area contributed by atoms with E-state index in [1.165, 1.54) is 0 Å². The van der Waals surface area contributed by atoms with Crippen LogP contribution in [-0.2, 0) is 21.1 Å². The van der Waals surface area contributed by atoms with Gasteiger partial charge in [0.2, 0.25) is 5.91 Å². The quantitative estimate of drug-likeness (QED) is 0.679. The van der Waals surface area contributed by atoms with Crippen LogP contribution in [-0.4, -0.2) is 27.7 Å². The summed E-state index contributed by atoms with van der Waals surface area (Å²) in [5.41, 5.74) is 6.91. The van der Waals surface area contributed by atoms with Crippen molar-refractivity contribution in [2.75, 3.05) is 11.5 Å². The summed E-state index contributed by atoms with van der Waals surface area (Å²) in [6.07, 6.45) is 0.998. The van der Waals surface area contributed by atoms with Gasteiger partial charge in [-0.25, -0.2) is 4.21 Å². The van der Waals surface area contributed by atoms with Crippen molar-refractivity contribution in [3.8, 4) is 0 Å². The van der Waals surface area contributed by atoms with Gasteiger partial charge in [-0.1, -0.05) is 51.1 Å². The first-order valence-corrected chi connectivity index (χ1v) is 9.80. The lowest BCUT2D eigenvalue weighted by molar-refractivity contribution is -0.122. The molecular weight excluding hydrogens is 310 g/mol. The van der Waals surface area contributed by atoms with Crippen LogP contribution in [0.3, 0.4) is 0 Å². The van der Waals surface area contributed by atoms with Gasteiger partial charge in [0.05, 0.1) is 6.04 Å². The van der Waals surface area contributed by atoms with Gasteiger partial charge in [-0.3, -0.25) is 9.57 Å². The minimum atomic E-state index is -2.67. The van der Waals surface area contributed by atoms with E-state index in [2.05, 4.69) is 26.1 Å². The van der Waals surface area contributed by atoms with E-state index >= 15 is 0 Å². The summed E-state index contributed by atoms with van der Waals surface area (Å²) in [5, 5.41) is 2.77. The third kappa shape index (κ3) is 8.71. The largest absolute Gasteiger partial charge is 0.351 e. The molecule has 0 bridgehead atoms. The van der Waals surface area contributed by atoms with Crippen LogP contribution in [0.1, 0.15) is 39.2 Å². The van der Waals surface area contributed by atoms with E-state index in [4.69, 9.17) is 10.5 Å². The Morgan fingerprint density at radius 2 is 1.87 bits per heavy atom. The Kier molecular flexibility index (Phi) is 7.22. The molecule has 4 N–H and O–H groups in total. The van der Waals surface area contributed by atoms with Gasteiger partial charge in [0, 0.05) is 27.8 Å². The van der Waals surface area contributed by atoms with Crippen LogP contribution in [0.5, 0.6) is 0 Å². The Balaban J connectivity index is 2.37. The van der Waals surface area contributed by atoms with Crippen molar-refractivity contribution in [2.45, 2.75) is 46.2 Å². The maximum absolute atomic E-state index is 12.2. The highest BCUT2D eigenvalue weighted by atomic mass is 32.2. The molecule has 0 radical (unpaired) electrons. The monoisotopic (exact) mass is 339 g/mol. The predicted molar refractivity (Wildman–Crippen MR) is 95.5 cm³/mol. The third-order valence-electron chi connectivity index (χ3n) is 3.59. The average molecular weight is 340 g/mol.